The van der Waals surface area contributed by atoms with E-state index in [0.29, 0.717) is 0 Å². The molecule has 1 aliphatic rings. The Morgan fingerprint density at radius 2 is 1.00 bits per heavy atom. The molecule has 0 saturated carbocycles. The molecule has 0 aromatic heterocycles. The van der Waals surface area contributed by atoms with Crippen molar-refractivity contribution in [1.29, 1.82) is 0 Å². The first-order chi connectivity index (χ1) is 5.79. The van der Waals surface area contributed by atoms with E-state index in [1.807, 2.05) is 13.8 Å². The minimum Gasteiger partial charge on any atom is -0.316 e. The molecule has 0 atom stereocenters. The summed E-state index contributed by atoms with van der Waals surface area (Å²) in [6.45, 7) is 13.2. The van der Waals surface area contributed by atoms with Gasteiger partial charge in [-0.15, -0.1) is 0 Å². The van der Waals surface area contributed by atoms with Crippen molar-refractivity contribution in [2.45, 2.75) is 27.7 Å². The van der Waals surface area contributed by atoms with Gasteiger partial charge in [-0.3, -0.25) is 0 Å². The van der Waals surface area contributed by atoms with Gasteiger partial charge in [0, 0.05) is 0 Å². The van der Waals surface area contributed by atoms with E-state index >= 15 is 0 Å². The van der Waals surface area contributed by atoms with E-state index in [9.17, 15) is 0 Å². The molecule has 1 aliphatic heterocycles. The van der Waals surface area contributed by atoms with Crippen LogP contribution in [-0.2, 0) is 0 Å². The van der Waals surface area contributed by atoms with Crippen LogP contribution in [0.15, 0.2) is 0 Å². The molecule has 2 N–H and O–H groups in total. The lowest BCUT2D eigenvalue weighted by Gasteiger charge is -2.21. The van der Waals surface area contributed by atoms with Crippen molar-refractivity contribution in [3.8, 4) is 0 Å². The van der Waals surface area contributed by atoms with E-state index in [-0.39, 0.29) is 0 Å². The van der Waals surface area contributed by atoms with E-state index in [1.165, 1.54) is 0 Å². The van der Waals surface area contributed by atoms with Gasteiger partial charge in [-0.05, 0) is 38.0 Å². The van der Waals surface area contributed by atoms with Gasteiger partial charge in [0.1, 0.15) is 0 Å². The molecule has 0 aromatic rings. The third kappa shape index (κ3) is 5.56. The highest BCUT2D eigenvalue weighted by Crippen LogP contribution is 1.97. The maximum Gasteiger partial charge on any atom is -0.00109 e. The largest absolute Gasteiger partial charge is 0.316 e. The second kappa shape index (κ2) is 7.56. The first kappa shape index (κ1) is 11.9. The second-order valence-electron chi connectivity index (χ2n) is 3.53. The summed E-state index contributed by atoms with van der Waals surface area (Å²) in [4.78, 5) is 0. The average Bonchev–Trinajstić information content (AvgIpc) is 2.05. The van der Waals surface area contributed by atoms with E-state index in [1.54, 1.807) is 0 Å². The molecular weight excluding hydrogens is 148 g/mol. The van der Waals surface area contributed by atoms with Gasteiger partial charge in [-0.1, -0.05) is 27.7 Å². The quantitative estimate of drug-likeness (QED) is 0.578. The highest BCUT2D eigenvalue weighted by atomic mass is 14.9. The van der Waals surface area contributed by atoms with Crippen LogP contribution in [0.1, 0.15) is 27.7 Å². The third-order valence-electron chi connectivity index (χ3n) is 1.97. The Labute approximate surface area is 77.1 Å². The van der Waals surface area contributed by atoms with Gasteiger partial charge >= 0.3 is 0 Å². The SMILES string of the molecule is CC.CC1CNCC(C)CNC1. The lowest BCUT2D eigenvalue weighted by molar-refractivity contribution is 0.379. The van der Waals surface area contributed by atoms with Gasteiger partial charge in [0.15, 0.2) is 0 Å². The number of nitrogens with one attached hydrogen (secondary N) is 2. The van der Waals surface area contributed by atoms with Gasteiger partial charge in [0.05, 0.1) is 0 Å². The zero-order valence-corrected chi connectivity index (χ0v) is 8.98. The molecule has 0 spiro atoms. The molecule has 12 heavy (non-hydrogen) atoms. The monoisotopic (exact) mass is 172 g/mol. The van der Waals surface area contributed by atoms with Gasteiger partial charge in [0.2, 0.25) is 0 Å². The minimum atomic E-state index is 0.785. The maximum absolute atomic E-state index is 3.45. The molecule has 0 aliphatic carbocycles. The smallest absolute Gasteiger partial charge is 0.00109 e. The van der Waals surface area contributed by atoms with Crippen LogP contribution in [0.25, 0.3) is 0 Å². The summed E-state index contributed by atoms with van der Waals surface area (Å²) in [6.07, 6.45) is 0. The summed E-state index contributed by atoms with van der Waals surface area (Å²) >= 11 is 0. The normalized spacial score (nSPS) is 31.0. The molecule has 0 unspecified atom stereocenters. The molecule has 1 saturated heterocycles. The van der Waals surface area contributed by atoms with Crippen molar-refractivity contribution in [3.63, 3.8) is 0 Å². The van der Waals surface area contributed by atoms with Crippen LogP contribution in [0.2, 0.25) is 0 Å². The Kier molecular flexibility index (Phi) is 7.51. The molecule has 1 heterocycles. The fraction of sp³-hybridized carbons (Fsp3) is 1.00. The van der Waals surface area contributed by atoms with Crippen molar-refractivity contribution in [1.82, 2.24) is 10.6 Å². The van der Waals surface area contributed by atoms with Crippen LogP contribution < -0.4 is 10.6 Å². The fourth-order valence-corrected chi connectivity index (χ4v) is 1.30. The predicted octanol–water partition coefficient (Wildman–Crippen LogP) is 1.48. The topological polar surface area (TPSA) is 24.1 Å². The fourth-order valence-electron chi connectivity index (χ4n) is 1.30. The molecule has 2 heteroatoms. The van der Waals surface area contributed by atoms with Gasteiger partial charge in [0.25, 0.3) is 0 Å². The minimum absolute atomic E-state index is 0.785. The zero-order valence-electron chi connectivity index (χ0n) is 8.98. The summed E-state index contributed by atoms with van der Waals surface area (Å²) < 4.78 is 0. The zero-order chi connectivity index (χ0) is 9.40. The summed E-state index contributed by atoms with van der Waals surface area (Å²) in [6, 6.07) is 0. The predicted molar refractivity (Wildman–Crippen MR) is 55.4 cm³/mol. The highest BCUT2D eigenvalue weighted by molar-refractivity contribution is 4.68. The summed E-state index contributed by atoms with van der Waals surface area (Å²) in [5, 5.41) is 6.89. The Morgan fingerprint density at radius 3 is 1.25 bits per heavy atom. The molecule has 2 nitrogen and oxygen atoms in total. The maximum atomic E-state index is 3.45. The summed E-state index contributed by atoms with van der Waals surface area (Å²) in [7, 11) is 0. The van der Waals surface area contributed by atoms with Crippen molar-refractivity contribution < 1.29 is 0 Å². The van der Waals surface area contributed by atoms with Crippen molar-refractivity contribution >= 4 is 0 Å². The van der Waals surface area contributed by atoms with E-state index in [0.717, 1.165) is 38.0 Å². The third-order valence-corrected chi connectivity index (χ3v) is 1.97. The van der Waals surface area contributed by atoms with Crippen LogP contribution in [-0.4, -0.2) is 26.2 Å². The van der Waals surface area contributed by atoms with Crippen LogP contribution in [0.5, 0.6) is 0 Å². The van der Waals surface area contributed by atoms with Gasteiger partial charge in [-0.2, -0.15) is 0 Å². The molecule has 1 rings (SSSR count). The molecule has 1 fully saturated rings. The number of rotatable bonds is 0. The van der Waals surface area contributed by atoms with Crippen LogP contribution >= 0.6 is 0 Å². The molecule has 0 amide bonds. The molecule has 0 aromatic carbocycles. The van der Waals surface area contributed by atoms with Gasteiger partial charge < -0.3 is 10.6 Å². The van der Waals surface area contributed by atoms with Crippen molar-refractivity contribution in [3.05, 3.63) is 0 Å². The summed E-state index contributed by atoms with van der Waals surface area (Å²) in [5.41, 5.74) is 0. The van der Waals surface area contributed by atoms with E-state index in [2.05, 4.69) is 24.5 Å². The molecule has 0 bridgehead atoms. The first-order valence-electron chi connectivity index (χ1n) is 5.20. The molecule has 0 radical (unpaired) electrons. The first-order valence-corrected chi connectivity index (χ1v) is 5.20. The van der Waals surface area contributed by atoms with Crippen LogP contribution in [0.3, 0.4) is 0 Å². The molecule has 74 valence electrons. The summed E-state index contributed by atoms with van der Waals surface area (Å²) in [5.74, 6) is 1.57. The van der Waals surface area contributed by atoms with Crippen LogP contribution in [0.4, 0.5) is 0 Å². The lowest BCUT2D eigenvalue weighted by Crippen LogP contribution is -2.39. The van der Waals surface area contributed by atoms with E-state index < -0.39 is 0 Å². The van der Waals surface area contributed by atoms with E-state index in [4.69, 9.17) is 0 Å². The average molecular weight is 172 g/mol. The van der Waals surface area contributed by atoms with Crippen LogP contribution in [0, 0.1) is 11.8 Å². The lowest BCUT2D eigenvalue weighted by atomic mass is 10.1. The standard InChI is InChI=1S/C8H18N2.C2H6/c1-7-3-9-5-8(2)6-10-4-7;1-2/h7-10H,3-6H2,1-2H3;1-2H3. The van der Waals surface area contributed by atoms with Crippen molar-refractivity contribution in [2.75, 3.05) is 26.2 Å². The number of hydrogen-bond donors (Lipinski definition) is 2. The molecular formula is C10H24N2. The Morgan fingerprint density at radius 1 is 0.750 bits per heavy atom. The Bertz CT molecular complexity index is 73.8. The Hall–Kier alpha value is -0.0800. The van der Waals surface area contributed by atoms with Gasteiger partial charge in [-0.25, -0.2) is 0 Å². The Balaban J connectivity index is 0.000000561. The highest BCUT2D eigenvalue weighted by Gasteiger charge is 2.08. The second-order valence-corrected chi connectivity index (χ2v) is 3.53. The van der Waals surface area contributed by atoms with Crippen molar-refractivity contribution in [2.24, 2.45) is 11.8 Å². The number of hydrogen-bond acceptors (Lipinski definition) is 2.